The third kappa shape index (κ3) is 7.68. The number of amides is 2. The van der Waals surface area contributed by atoms with Gasteiger partial charge in [-0.15, -0.1) is 0 Å². The van der Waals surface area contributed by atoms with E-state index >= 15 is 0 Å². The van der Waals surface area contributed by atoms with Crippen LogP contribution in [0.1, 0.15) is 28.3 Å². The van der Waals surface area contributed by atoms with E-state index in [-0.39, 0.29) is 6.61 Å². The Hall–Kier alpha value is -4.14. The molecule has 0 aromatic heterocycles. The minimum Gasteiger partial charge on any atom is -0.488 e. The van der Waals surface area contributed by atoms with Crippen LogP contribution >= 0.6 is 15.9 Å². The second kappa shape index (κ2) is 13.4. The molecule has 0 fully saturated rings. The Morgan fingerprint density at radius 1 is 0.789 bits per heavy atom. The van der Waals surface area contributed by atoms with Gasteiger partial charge in [-0.25, -0.2) is 4.79 Å². The SMILES string of the molecule is NCc1cccc(NC(=O)[C@H](NC(=O)OCc2ccccc2)c2ccc(OCc3ccccc3)c(Br)c2)c1. The van der Waals surface area contributed by atoms with Crippen LogP contribution in [0.15, 0.2) is 108 Å². The summed E-state index contributed by atoms with van der Waals surface area (Å²) in [6.07, 6.45) is -0.717. The molecule has 0 aliphatic carbocycles. The number of alkyl carbamates (subject to hydrolysis) is 1. The van der Waals surface area contributed by atoms with E-state index in [1.165, 1.54) is 0 Å². The topological polar surface area (TPSA) is 103 Å². The summed E-state index contributed by atoms with van der Waals surface area (Å²) in [6.45, 7) is 0.814. The lowest BCUT2D eigenvalue weighted by Gasteiger charge is -2.20. The molecule has 1 atom stereocenters. The van der Waals surface area contributed by atoms with Crippen molar-refractivity contribution in [2.24, 2.45) is 5.73 Å². The number of nitrogens with one attached hydrogen (secondary N) is 2. The summed E-state index contributed by atoms with van der Waals surface area (Å²) >= 11 is 3.54. The first-order valence-electron chi connectivity index (χ1n) is 12.0. The Balaban J connectivity index is 1.51. The summed E-state index contributed by atoms with van der Waals surface area (Å²) in [5.74, 6) is 0.180. The molecule has 0 saturated heterocycles. The molecule has 0 spiro atoms. The fourth-order valence-electron chi connectivity index (χ4n) is 3.72. The molecule has 2 amide bonds. The number of halogens is 1. The molecule has 0 heterocycles. The van der Waals surface area contributed by atoms with Crippen LogP contribution in [0.2, 0.25) is 0 Å². The number of benzene rings is 4. The predicted octanol–water partition coefficient (Wildman–Crippen LogP) is 6.09. The van der Waals surface area contributed by atoms with Crippen molar-refractivity contribution in [2.45, 2.75) is 25.8 Å². The molecule has 8 heteroatoms. The van der Waals surface area contributed by atoms with Crippen molar-refractivity contribution in [1.29, 1.82) is 0 Å². The molecular weight excluding hydrogens is 546 g/mol. The molecular formula is C30H28BrN3O4. The van der Waals surface area contributed by atoms with Crippen LogP contribution in [0, 0.1) is 0 Å². The van der Waals surface area contributed by atoms with E-state index in [1.54, 1.807) is 30.3 Å². The van der Waals surface area contributed by atoms with Crippen molar-refractivity contribution >= 4 is 33.6 Å². The van der Waals surface area contributed by atoms with Crippen LogP contribution in [-0.4, -0.2) is 12.0 Å². The summed E-state index contributed by atoms with van der Waals surface area (Å²) in [5.41, 5.74) is 9.60. The van der Waals surface area contributed by atoms with Gasteiger partial charge in [-0.1, -0.05) is 78.9 Å². The van der Waals surface area contributed by atoms with Crippen LogP contribution < -0.4 is 21.1 Å². The average Bonchev–Trinajstić information content (AvgIpc) is 2.95. The number of carbonyl (C=O) groups is 2. The van der Waals surface area contributed by atoms with Gasteiger partial charge < -0.3 is 25.8 Å². The first-order chi connectivity index (χ1) is 18.5. The molecule has 38 heavy (non-hydrogen) atoms. The number of carbonyl (C=O) groups excluding carboxylic acids is 2. The van der Waals surface area contributed by atoms with E-state index in [9.17, 15) is 9.59 Å². The quantitative estimate of drug-likeness (QED) is 0.213. The van der Waals surface area contributed by atoms with Crippen LogP contribution in [0.5, 0.6) is 5.75 Å². The Bertz CT molecular complexity index is 1370. The predicted molar refractivity (Wildman–Crippen MR) is 150 cm³/mol. The van der Waals surface area contributed by atoms with Gasteiger partial charge in [0.2, 0.25) is 0 Å². The van der Waals surface area contributed by atoms with Gasteiger partial charge in [-0.3, -0.25) is 4.79 Å². The highest BCUT2D eigenvalue weighted by Gasteiger charge is 2.25. The number of hydrogen-bond acceptors (Lipinski definition) is 5. The van der Waals surface area contributed by atoms with Gasteiger partial charge in [0.1, 0.15) is 25.0 Å². The second-order valence-electron chi connectivity index (χ2n) is 8.50. The van der Waals surface area contributed by atoms with Crippen molar-refractivity contribution in [1.82, 2.24) is 5.32 Å². The van der Waals surface area contributed by atoms with Crippen molar-refractivity contribution in [3.8, 4) is 5.75 Å². The van der Waals surface area contributed by atoms with E-state index in [0.717, 1.165) is 16.7 Å². The summed E-state index contributed by atoms with van der Waals surface area (Å²) in [6, 6.07) is 30.6. The lowest BCUT2D eigenvalue weighted by Crippen LogP contribution is -2.37. The van der Waals surface area contributed by atoms with Gasteiger partial charge in [-0.05, 0) is 62.4 Å². The first-order valence-corrected chi connectivity index (χ1v) is 12.8. The molecule has 0 unspecified atom stereocenters. The van der Waals surface area contributed by atoms with E-state index in [2.05, 4.69) is 26.6 Å². The van der Waals surface area contributed by atoms with Gasteiger partial charge in [0, 0.05) is 12.2 Å². The van der Waals surface area contributed by atoms with E-state index in [4.69, 9.17) is 15.2 Å². The van der Waals surface area contributed by atoms with Gasteiger partial charge >= 0.3 is 6.09 Å². The maximum atomic E-state index is 13.4. The largest absolute Gasteiger partial charge is 0.488 e. The van der Waals surface area contributed by atoms with Crippen molar-refractivity contribution in [2.75, 3.05) is 5.32 Å². The van der Waals surface area contributed by atoms with Crippen LogP contribution in [0.3, 0.4) is 0 Å². The highest BCUT2D eigenvalue weighted by atomic mass is 79.9. The molecule has 4 aromatic rings. The minimum atomic E-state index is -1.03. The van der Waals surface area contributed by atoms with Crippen LogP contribution in [0.4, 0.5) is 10.5 Å². The molecule has 0 saturated carbocycles. The van der Waals surface area contributed by atoms with E-state index in [1.807, 2.05) is 72.8 Å². The monoisotopic (exact) mass is 573 g/mol. The normalized spacial score (nSPS) is 11.3. The Kier molecular flexibility index (Phi) is 9.50. The molecule has 194 valence electrons. The maximum absolute atomic E-state index is 13.4. The fraction of sp³-hybridized carbons (Fsp3) is 0.133. The third-order valence-electron chi connectivity index (χ3n) is 5.69. The maximum Gasteiger partial charge on any atom is 0.408 e. The summed E-state index contributed by atoms with van der Waals surface area (Å²) in [7, 11) is 0. The Labute approximate surface area is 230 Å². The highest BCUT2D eigenvalue weighted by molar-refractivity contribution is 9.10. The van der Waals surface area contributed by atoms with Crippen LogP contribution in [0.25, 0.3) is 0 Å². The number of rotatable bonds is 10. The summed E-state index contributed by atoms with van der Waals surface area (Å²) < 4.78 is 12.0. The van der Waals surface area contributed by atoms with E-state index < -0.39 is 18.0 Å². The number of anilines is 1. The van der Waals surface area contributed by atoms with E-state index in [0.29, 0.717) is 34.6 Å². The standard InChI is InChI=1S/C30H28BrN3O4/c31-26-17-24(14-15-27(26)37-19-21-8-3-1-4-9-21)28(29(35)33-25-13-7-12-23(16-25)18-32)34-30(36)38-20-22-10-5-2-6-11-22/h1-17,28H,18-20,32H2,(H,33,35)(H,34,36)/t28-/m1/s1. The zero-order chi connectivity index (χ0) is 26.7. The molecule has 4 aromatic carbocycles. The number of hydrogen-bond donors (Lipinski definition) is 3. The number of nitrogens with two attached hydrogens (primary N) is 1. The van der Waals surface area contributed by atoms with Gasteiger partial charge in [0.05, 0.1) is 4.47 Å². The van der Waals surface area contributed by atoms with Crippen molar-refractivity contribution < 1.29 is 19.1 Å². The summed E-state index contributed by atoms with van der Waals surface area (Å²) in [4.78, 5) is 26.1. The average molecular weight is 574 g/mol. The first kappa shape index (κ1) is 26.9. The molecule has 0 aliphatic heterocycles. The third-order valence-corrected chi connectivity index (χ3v) is 6.31. The molecule has 7 nitrogen and oxygen atoms in total. The molecule has 0 aliphatic rings. The molecule has 0 radical (unpaired) electrons. The second-order valence-corrected chi connectivity index (χ2v) is 9.35. The van der Waals surface area contributed by atoms with Gasteiger partial charge in [0.25, 0.3) is 5.91 Å². The van der Waals surface area contributed by atoms with Crippen LogP contribution in [-0.2, 0) is 29.3 Å². The Morgan fingerprint density at radius 3 is 2.11 bits per heavy atom. The molecule has 4 rings (SSSR count). The molecule has 0 bridgehead atoms. The Morgan fingerprint density at radius 2 is 1.45 bits per heavy atom. The summed E-state index contributed by atoms with van der Waals surface area (Å²) in [5, 5.41) is 5.56. The smallest absolute Gasteiger partial charge is 0.408 e. The minimum absolute atomic E-state index is 0.0789. The van der Waals surface area contributed by atoms with Crippen molar-refractivity contribution in [3.63, 3.8) is 0 Å². The zero-order valence-electron chi connectivity index (χ0n) is 20.6. The number of ether oxygens (including phenoxy) is 2. The fourth-order valence-corrected chi connectivity index (χ4v) is 4.23. The highest BCUT2D eigenvalue weighted by Crippen LogP contribution is 2.30. The van der Waals surface area contributed by atoms with Crippen molar-refractivity contribution in [3.05, 3.63) is 130 Å². The lowest BCUT2D eigenvalue weighted by molar-refractivity contribution is -0.118. The van der Waals surface area contributed by atoms with Gasteiger partial charge in [0.15, 0.2) is 0 Å². The zero-order valence-corrected chi connectivity index (χ0v) is 22.2. The van der Waals surface area contributed by atoms with Gasteiger partial charge in [-0.2, -0.15) is 0 Å². The molecule has 4 N–H and O–H groups in total. The lowest BCUT2D eigenvalue weighted by atomic mass is 10.1.